The van der Waals surface area contributed by atoms with Gasteiger partial charge in [-0.15, -0.1) is 0 Å². The molecule has 0 spiro atoms. The van der Waals surface area contributed by atoms with Gasteiger partial charge in [0, 0.05) is 12.6 Å². The van der Waals surface area contributed by atoms with E-state index in [-0.39, 0.29) is 25.2 Å². The van der Waals surface area contributed by atoms with Crippen molar-refractivity contribution in [3.05, 3.63) is 29.8 Å². The van der Waals surface area contributed by atoms with Gasteiger partial charge in [-0.1, -0.05) is 18.2 Å². The van der Waals surface area contributed by atoms with Crippen molar-refractivity contribution in [3.8, 4) is 5.75 Å². The number of hydrogen-bond donors (Lipinski definition) is 2. The van der Waals surface area contributed by atoms with E-state index in [1.807, 2.05) is 31.2 Å². The number of hydrogen-bond acceptors (Lipinski definition) is 3. The molecule has 0 aliphatic heterocycles. The summed E-state index contributed by atoms with van der Waals surface area (Å²) in [5.74, 6) is 1.10. The van der Waals surface area contributed by atoms with E-state index in [2.05, 4.69) is 5.32 Å². The molecule has 4 nitrogen and oxygen atoms in total. The van der Waals surface area contributed by atoms with Crippen molar-refractivity contribution in [2.45, 2.75) is 38.6 Å². The Kier molecular flexibility index (Phi) is 5.41. The van der Waals surface area contributed by atoms with E-state index in [0.29, 0.717) is 5.92 Å². The first-order chi connectivity index (χ1) is 9.69. The maximum absolute atomic E-state index is 11.9. The van der Waals surface area contributed by atoms with E-state index in [4.69, 9.17) is 9.84 Å². The van der Waals surface area contributed by atoms with E-state index in [0.717, 1.165) is 37.0 Å². The van der Waals surface area contributed by atoms with Crippen LogP contribution in [-0.4, -0.2) is 30.3 Å². The minimum atomic E-state index is -0.0688. The van der Waals surface area contributed by atoms with Crippen molar-refractivity contribution >= 4 is 5.91 Å². The van der Waals surface area contributed by atoms with Gasteiger partial charge in [-0.3, -0.25) is 4.79 Å². The SMILES string of the molecule is Cc1ccccc1OCC(=O)NC1CCC(CO)CC1. The molecule has 1 aliphatic carbocycles. The lowest BCUT2D eigenvalue weighted by Gasteiger charge is -2.27. The van der Waals surface area contributed by atoms with Crippen LogP contribution >= 0.6 is 0 Å². The molecule has 0 unspecified atom stereocenters. The zero-order chi connectivity index (χ0) is 14.4. The van der Waals surface area contributed by atoms with Crippen molar-refractivity contribution in [2.75, 3.05) is 13.2 Å². The standard InChI is InChI=1S/C16H23NO3/c1-12-4-2-3-5-15(12)20-11-16(19)17-14-8-6-13(10-18)7-9-14/h2-5,13-14,18H,6-11H2,1H3,(H,17,19). The molecular weight excluding hydrogens is 254 g/mol. The van der Waals surface area contributed by atoms with Crippen molar-refractivity contribution in [1.29, 1.82) is 0 Å². The lowest BCUT2D eigenvalue weighted by molar-refractivity contribution is -0.124. The van der Waals surface area contributed by atoms with Crippen molar-refractivity contribution in [2.24, 2.45) is 5.92 Å². The molecular formula is C16H23NO3. The summed E-state index contributed by atoms with van der Waals surface area (Å²) in [7, 11) is 0. The smallest absolute Gasteiger partial charge is 0.258 e. The molecule has 1 fully saturated rings. The predicted octanol–water partition coefficient (Wildman–Crippen LogP) is 2.04. The fourth-order valence-corrected chi connectivity index (χ4v) is 2.62. The molecule has 1 aliphatic rings. The third-order valence-electron chi connectivity index (χ3n) is 3.92. The number of benzene rings is 1. The van der Waals surface area contributed by atoms with E-state index >= 15 is 0 Å². The summed E-state index contributed by atoms with van der Waals surface area (Å²) in [5.41, 5.74) is 1.03. The first-order valence-electron chi connectivity index (χ1n) is 7.27. The van der Waals surface area contributed by atoms with Gasteiger partial charge in [0.05, 0.1) is 0 Å². The van der Waals surface area contributed by atoms with Crippen LogP contribution in [0.2, 0.25) is 0 Å². The topological polar surface area (TPSA) is 58.6 Å². The minimum Gasteiger partial charge on any atom is -0.484 e. The summed E-state index contributed by atoms with van der Waals surface area (Å²) in [5, 5.41) is 12.1. The average molecular weight is 277 g/mol. The molecule has 0 radical (unpaired) electrons. The molecule has 1 aromatic carbocycles. The fraction of sp³-hybridized carbons (Fsp3) is 0.562. The summed E-state index contributed by atoms with van der Waals surface area (Å²) in [4.78, 5) is 11.9. The summed E-state index contributed by atoms with van der Waals surface area (Å²) >= 11 is 0. The van der Waals surface area contributed by atoms with Gasteiger partial charge in [-0.2, -0.15) is 0 Å². The number of aliphatic hydroxyl groups is 1. The molecule has 2 N–H and O–H groups in total. The second kappa shape index (κ2) is 7.29. The lowest BCUT2D eigenvalue weighted by atomic mass is 9.86. The molecule has 4 heteroatoms. The predicted molar refractivity (Wildman–Crippen MR) is 77.6 cm³/mol. The number of nitrogens with one attached hydrogen (secondary N) is 1. The van der Waals surface area contributed by atoms with Gasteiger partial charge in [0.15, 0.2) is 6.61 Å². The van der Waals surface area contributed by atoms with Gasteiger partial charge in [-0.25, -0.2) is 0 Å². The van der Waals surface area contributed by atoms with Crippen molar-refractivity contribution < 1.29 is 14.6 Å². The van der Waals surface area contributed by atoms with E-state index in [1.54, 1.807) is 0 Å². The van der Waals surface area contributed by atoms with E-state index < -0.39 is 0 Å². The fourth-order valence-electron chi connectivity index (χ4n) is 2.62. The molecule has 20 heavy (non-hydrogen) atoms. The molecule has 1 aromatic rings. The number of amides is 1. The van der Waals surface area contributed by atoms with Crippen LogP contribution in [0.25, 0.3) is 0 Å². The van der Waals surface area contributed by atoms with Crippen LogP contribution in [0.3, 0.4) is 0 Å². The summed E-state index contributed by atoms with van der Waals surface area (Å²) < 4.78 is 5.53. The molecule has 0 aromatic heterocycles. The van der Waals surface area contributed by atoms with Crippen LogP contribution in [0.5, 0.6) is 5.75 Å². The van der Waals surface area contributed by atoms with Crippen LogP contribution in [0.15, 0.2) is 24.3 Å². The van der Waals surface area contributed by atoms with Gasteiger partial charge >= 0.3 is 0 Å². The molecule has 2 rings (SSSR count). The Morgan fingerprint density at radius 3 is 2.65 bits per heavy atom. The number of para-hydroxylation sites is 1. The highest BCUT2D eigenvalue weighted by atomic mass is 16.5. The zero-order valence-electron chi connectivity index (χ0n) is 12.0. The molecule has 1 saturated carbocycles. The Bertz CT molecular complexity index is 439. The Labute approximate surface area is 120 Å². The minimum absolute atomic E-state index is 0.0603. The van der Waals surface area contributed by atoms with E-state index in [1.165, 1.54) is 0 Å². The molecule has 0 atom stereocenters. The molecule has 110 valence electrons. The zero-order valence-corrected chi connectivity index (χ0v) is 12.0. The number of aliphatic hydroxyl groups excluding tert-OH is 1. The highest BCUT2D eigenvalue weighted by molar-refractivity contribution is 5.77. The van der Waals surface area contributed by atoms with Crippen molar-refractivity contribution in [3.63, 3.8) is 0 Å². The maximum atomic E-state index is 11.9. The van der Waals surface area contributed by atoms with Crippen LogP contribution < -0.4 is 10.1 Å². The number of rotatable bonds is 5. The number of carbonyl (C=O) groups is 1. The third-order valence-corrected chi connectivity index (χ3v) is 3.92. The summed E-state index contributed by atoms with van der Waals surface area (Å²) in [6, 6.07) is 7.90. The largest absolute Gasteiger partial charge is 0.484 e. The Hall–Kier alpha value is -1.55. The highest BCUT2D eigenvalue weighted by Crippen LogP contribution is 2.23. The quantitative estimate of drug-likeness (QED) is 0.866. The van der Waals surface area contributed by atoms with Crippen molar-refractivity contribution in [1.82, 2.24) is 5.32 Å². The van der Waals surface area contributed by atoms with Gasteiger partial charge in [0.25, 0.3) is 5.91 Å². The lowest BCUT2D eigenvalue weighted by Crippen LogP contribution is -2.40. The maximum Gasteiger partial charge on any atom is 0.258 e. The van der Waals surface area contributed by atoms with Crippen LogP contribution in [0, 0.1) is 12.8 Å². The van der Waals surface area contributed by atoms with Gasteiger partial charge in [0.1, 0.15) is 5.75 Å². The van der Waals surface area contributed by atoms with E-state index in [9.17, 15) is 4.79 Å². The second-order valence-corrected chi connectivity index (χ2v) is 5.52. The molecule has 0 heterocycles. The summed E-state index contributed by atoms with van der Waals surface area (Å²) in [6.07, 6.45) is 3.86. The normalized spacial score (nSPS) is 22.3. The molecule has 0 bridgehead atoms. The first kappa shape index (κ1) is 14.9. The number of carbonyl (C=O) groups excluding carboxylic acids is 1. The number of aryl methyl sites for hydroxylation is 1. The number of ether oxygens (including phenoxy) is 1. The Morgan fingerprint density at radius 1 is 1.30 bits per heavy atom. The van der Waals surface area contributed by atoms with Gasteiger partial charge in [-0.05, 0) is 50.2 Å². The monoisotopic (exact) mass is 277 g/mol. The molecule has 0 saturated heterocycles. The average Bonchev–Trinajstić information content (AvgIpc) is 2.47. The Balaban J connectivity index is 1.72. The van der Waals surface area contributed by atoms with Crippen LogP contribution in [0.4, 0.5) is 0 Å². The van der Waals surface area contributed by atoms with Gasteiger partial charge < -0.3 is 15.2 Å². The first-order valence-corrected chi connectivity index (χ1v) is 7.27. The highest BCUT2D eigenvalue weighted by Gasteiger charge is 2.21. The second-order valence-electron chi connectivity index (χ2n) is 5.52. The third kappa shape index (κ3) is 4.23. The summed E-state index contributed by atoms with van der Waals surface area (Å²) in [6.45, 7) is 2.28. The van der Waals surface area contributed by atoms with Crippen LogP contribution in [-0.2, 0) is 4.79 Å². The van der Waals surface area contributed by atoms with Crippen LogP contribution in [0.1, 0.15) is 31.2 Å². The molecule has 1 amide bonds. The Morgan fingerprint density at radius 2 is 2.00 bits per heavy atom. The van der Waals surface area contributed by atoms with Gasteiger partial charge in [0.2, 0.25) is 0 Å².